The number of carbonyl (C=O) groups is 6. The SMILES string of the molecule is O=C(O)CC(O)(CC(=O)O)C(=O)O.O=C(O)CC(O)(CC(=O)O)C(=O)O.[H-].[H-].[H-].[K+].[K+].[K+]. The van der Waals surface area contributed by atoms with Gasteiger partial charge >= 0.3 is 190 Å². The number of carboxylic acids is 6. The molecular weight excluding hydrogens is 485 g/mol. The molecule has 0 aromatic heterocycles. The third kappa shape index (κ3) is 20.0. The molecule has 0 bridgehead atoms. The number of rotatable bonds is 10. The first kappa shape index (κ1) is 41.0. The fraction of sp³-hybridized carbons (Fsp3) is 0.500. The Morgan fingerprint density at radius 3 is 0.690 bits per heavy atom. The standard InChI is InChI=1S/2C6H8O7.3K.3H/c2*7-3(8)1-6(13,5(11)12)2-4(9)10;;;;;;/h2*13H,1-2H2,(H,7,8)(H,9,10)(H,11,12);;;;;;/q;;3*+1;3*-1. The summed E-state index contributed by atoms with van der Waals surface area (Å²) in [6.07, 6.45) is -4.58. The van der Waals surface area contributed by atoms with Crippen molar-refractivity contribution >= 4 is 35.8 Å². The molecule has 0 fully saturated rings. The van der Waals surface area contributed by atoms with Crippen LogP contribution in [0.25, 0.3) is 0 Å². The van der Waals surface area contributed by atoms with Crippen LogP contribution in [0.5, 0.6) is 0 Å². The number of hydrogen-bond acceptors (Lipinski definition) is 8. The largest absolute Gasteiger partial charge is 1.00 e. The van der Waals surface area contributed by atoms with E-state index in [1.165, 1.54) is 0 Å². The zero-order valence-corrected chi connectivity index (χ0v) is 25.2. The number of carboxylic acid groups (broad SMARTS) is 6. The molecular formula is C12H19K3O14. The Hall–Kier alpha value is 1.65. The van der Waals surface area contributed by atoms with E-state index in [2.05, 4.69) is 0 Å². The van der Waals surface area contributed by atoms with Gasteiger partial charge in [0.25, 0.3) is 0 Å². The number of hydrogen-bond donors (Lipinski definition) is 8. The third-order valence-electron chi connectivity index (χ3n) is 2.57. The molecule has 0 radical (unpaired) electrons. The van der Waals surface area contributed by atoms with Gasteiger partial charge in [0, 0.05) is 0 Å². The molecule has 14 nitrogen and oxygen atoms in total. The van der Waals surface area contributed by atoms with Crippen molar-refractivity contribution in [3.8, 4) is 0 Å². The van der Waals surface area contributed by atoms with E-state index in [4.69, 9.17) is 40.9 Å². The summed E-state index contributed by atoms with van der Waals surface area (Å²) in [6.45, 7) is 0. The van der Waals surface area contributed by atoms with E-state index in [9.17, 15) is 28.8 Å². The van der Waals surface area contributed by atoms with Gasteiger partial charge in [0.05, 0.1) is 25.7 Å². The Balaban J connectivity index is -0.0000000505. The molecule has 0 atom stereocenters. The van der Waals surface area contributed by atoms with Gasteiger partial charge < -0.3 is 45.1 Å². The van der Waals surface area contributed by atoms with E-state index >= 15 is 0 Å². The molecule has 0 aromatic carbocycles. The molecule has 154 valence electrons. The van der Waals surface area contributed by atoms with Gasteiger partial charge in [0.1, 0.15) is 0 Å². The minimum absolute atomic E-state index is 0. The minimum Gasteiger partial charge on any atom is -1.00 e. The average Bonchev–Trinajstić information content (AvgIpc) is 2.34. The monoisotopic (exact) mass is 504 g/mol. The Bertz CT molecular complexity index is 535. The van der Waals surface area contributed by atoms with Crippen molar-refractivity contribution in [3.05, 3.63) is 0 Å². The van der Waals surface area contributed by atoms with Gasteiger partial charge in [0.2, 0.25) is 0 Å². The van der Waals surface area contributed by atoms with Crippen molar-refractivity contribution in [2.24, 2.45) is 0 Å². The fourth-order valence-electron chi connectivity index (χ4n) is 1.43. The Labute approximate surface area is 294 Å². The van der Waals surface area contributed by atoms with Crippen molar-refractivity contribution in [3.63, 3.8) is 0 Å². The van der Waals surface area contributed by atoms with Crippen molar-refractivity contribution in [2.45, 2.75) is 36.9 Å². The van der Waals surface area contributed by atoms with Crippen LogP contribution in [0, 0.1) is 0 Å². The third-order valence-corrected chi connectivity index (χ3v) is 2.57. The molecule has 8 N–H and O–H groups in total. The second-order valence-corrected chi connectivity index (χ2v) is 4.96. The molecule has 0 aromatic rings. The maximum atomic E-state index is 10.3. The van der Waals surface area contributed by atoms with Crippen LogP contribution in [0.15, 0.2) is 0 Å². The van der Waals surface area contributed by atoms with E-state index < -0.39 is 72.7 Å². The molecule has 0 saturated carbocycles. The van der Waals surface area contributed by atoms with Crippen LogP contribution < -0.4 is 154 Å². The van der Waals surface area contributed by atoms with Gasteiger partial charge in [-0.25, -0.2) is 9.59 Å². The van der Waals surface area contributed by atoms with Crippen LogP contribution in [0.1, 0.15) is 30.0 Å². The second kappa shape index (κ2) is 19.1. The predicted molar refractivity (Wildman–Crippen MR) is 77.5 cm³/mol. The Kier molecular flexibility index (Phi) is 27.0. The first-order chi connectivity index (χ1) is 11.6. The molecule has 0 spiro atoms. The summed E-state index contributed by atoms with van der Waals surface area (Å²) in [5.41, 5.74) is -5.48. The molecule has 0 unspecified atom stereocenters. The van der Waals surface area contributed by atoms with Crippen LogP contribution in [0.4, 0.5) is 0 Å². The van der Waals surface area contributed by atoms with Crippen molar-refractivity contribution in [1.82, 2.24) is 0 Å². The molecule has 0 amide bonds. The molecule has 0 aliphatic carbocycles. The molecule has 0 aliphatic rings. The number of aliphatic hydroxyl groups is 2. The molecule has 0 aliphatic heterocycles. The summed E-state index contributed by atoms with van der Waals surface area (Å²) in [6, 6.07) is 0. The molecule has 29 heavy (non-hydrogen) atoms. The van der Waals surface area contributed by atoms with E-state index in [1.54, 1.807) is 0 Å². The van der Waals surface area contributed by atoms with Gasteiger partial charge in [-0.15, -0.1) is 0 Å². The maximum Gasteiger partial charge on any atom is 1.00 e. The summed E-state index contributed by atoms with van der Waals surface area (Å²) in [4.78, 5) is 61.0. The molecule has 0 rings (SSSR count). The Morgan fingerprint density at radius 1 is 0.483 bits per heavy atom. The van der Waals surface area contributed by atoms with E-state index in [1.807, 2.05) is 0 Å². The van der Waals surface area contributed by atoms with Crippen molar-refractivity contribution < 1.29 is 228 Å². The van der Waals surface area contributed by atoms with Gasteiger partial charge in [-0.3, -0.25) is 19.2 Å². The zero-order valence-electron chi connectivity index (χ0n) is 18.9. The normalized spacial score (nSPS) is 9.72. The van der Waals surface area contributed by atoms with E-state index in [-0.39, 0.29) is 158 Å². The summed E-state index contributed by atoms with van der Waals surface area (Å²) >= 11 is 0. The smallest absolute Gasteiger partial charge is 1.00 e. The van der Waals surface area contributed by atoms with Crippen LogP contribution in [0.2, 0.25) is 0 Å². The summed E-state index contributed by atoms with van der Waals surface area (Å²) in [5.74, 6) is -10.0. The quantitative estimate of drug-likeness (QED) is 0.128. The molecule has 17 heteroatoms. The van der Waals surface area contributed by atoms with Gasteiger partial charge in [-0.05, 0) is 0 Å². The zero-order chi connectivity index (χ0) is 21.3. The van der Waals surface area contributed by atoms with Gasteiger partial charge in [0.15, 0.2) is 11.2 Å². The fourth-order valence-corrected chi connectivity index (χ4v) is 1.43. The van der Waals surface area contributed by atoms with Crippen molar-refractivity contribution in [1.29, 1.82) is 0 Å². The second-order valence-electron chi connectivity index (χ2n) is 4.96. The first-order valence-corrected chi connectivity index (χ1v) is 6.34. The summed E-state index contributed by atoms with van der Waals surface area (Å²) in [5, 5.41) is 67.6. The molecule has 0 heterocycles. The van der Waals surface area contributed by atoms with Gasteiger partial charge in [-0.1, -0.05) is 0 Å². The van der Waals surface area contributed by atoms with Crippen molar-refractivity contribution in [2.75, 3.05) is 0 Å². The maximum absolute atomic E-state index is 10.3. The van der Waals surface area contributed by atoms with Crippen LogP contribution >= 0.6 is 0 Å². The summed E-state index contributed by atoms with van der Waals surface area (Å²) in [7, 11) is 0. The topological polar surface area (TPSA) is 264 Å². The predicted octanol–water partition coefficient (Wildman–Crippen LogP) is -11.1. The van der Waals surface area contributed by atoms with Crippen LogP contribution in [-0.4, -0.2) is 87.9 Å². The average molecular weight is 505 g/mol. The van der Waals surface area contributed by atoms with Crippen LogP contribution in [0.3, 0.4) is 0 Å². The summed E-state index contributed by atoms with van der Waals surface area (Å²) < 4.78 is 0. The van der Waals surface area contributed by atoms with Gasteiger partial charge in [-0.2, -0.15) is 0 Å². The van der Waals surface area contributed by atoms with E-state index in [0.717, 1.165) is 0 Å². The number of aliphatic carboxylic acids is 6. The minimum atomic E-state index is -2.74. The molecule has 0 saturated heterocycles. The first-order valence-electron chi connectivity index (χ1n) is 6.34. The van der Waals surface area contributed by atoms with E-state index in [0.29, 0.717) is 0 Å². The Morgan fingerprint density at radius 2 is 0.621 bits per heavy atom. The van der Waals surface area contributed by atoms with Crippen LogP contribution in [-0.2, 0) is 28.8 Å².